The van der Waals surface area contributed by atoms with E-state index < -0.39 is 9.84 Å². The molecule has 1 aliphatic rings. The van der Waals surface area contributed by atoms with Gasteiger partial charge in [0.15, 0.2) is 9.84 Å². The van der Waals surface area contributed by atoms with Gasteiger partial charge in [-0.1, -0.05) is 20.8 Å². The Bertz CT molecular complexity index is 296. The summed E-state index contributed by atoms with van der Waals surface area (Å²) in [6.07, 6.45) is 1.96. The highest BCUT2D eigenvalue weighted by Gasteiger charge is 2.37. The molecule has 0 spiro atoms. The van der Waals surface area contributed by atoms with Crippen LogP contribution in [0, 0.1) is 11.3 Å². The number of hydrogen-bond acceptors (Lipinski definition) is 3. The van der Waals surface area contributed by atoms with Crippen LogP contribution in [0.3, 0.4) is 0 Å². The third-order valence-electron chi connectivity index (χ3n) is 3.34. The van der Waals surface area contributed by atoms with Gasteiger partial charge in [-0.3, -0.25) is 0 Å². The predicted molar refractivity (Wildman–Crippen MR) is 63.7 cm³/mol. The van der Waals surface area contributed by atoms with E-state index in [0.717, 1.165) is 25.9 Å². The molecule has 0 aliphatic carbocycles. The highest BCUT2D eigenvalue weighted by Crippen LogP contribution is 2.34. The lowest BCUT2D eigenvalue weighted by Gasteiger charge is -2.31. The van der Waals surface area contributed by atoms with Gasteiger partial charge in [0.1, 0.15) is 0 Å². The van der Waals surface area contributed by atoms with Gasteiger partial charge in [-0.2, -0.15) is 0 Å². The van der Waals surface area contributed by atoms with Crippen molar-refractivity contribution in [1.82, 2.24) is 5.32 Å². The molecule has 0 radical (unpaired) electrons. The average molecular weight is 233 g/mol. The third-order valence-corrected chi connectivity index (χ3v) is 5.11. The van der Waals surface area contributed by atoms with Gasteiger partial charge >= 0.3 is 0 Å². The maximum Gasteiger partial charge on any atom is 0.150 e. The first kappa shape index (κ1) is 13.0. The first-order valence-electron chi connectivity index (χ1n) is 5.78. The van der Waals surface area contributed by atoms with Crippen molar-refractivity contribution < 1.29 is 8.42 Å². The van der Waals surface area contributed by atoms with Gasteiger partial charge in [-0.05, 0) is 30.7 Å². The monoisotopic (exact) mass is 233 g/mol. The van der Waals surface area contributed by atoms with Gasteiger partial charge in [0.05, 0.1) is 11.5 Å². The van der Waals surface area contributed by atoms with Gasteiger partial charge in [-0.15, -0.1) is 0 Å². The Morgan fingerprint density at radius 1 is 1.40 bits per heavy atom. The molecule has 4 heteroatoms. The molecule has 1 N–H and O–H groups in total. The Balaban J connectivity index is 2.48. The van der Waals surface area contributed by atoms with Crippen LogP contribution < -0.4 is 5.32 Å². The second kappa shape index (κ2) is 4.83. The van der Waals surface area contributed by atoms with E-state index in [9.17, 15) is 8.42 Å². The Kier molecular flexibility index (Phi) is 4.18. The molecular weight excluding hydrogens is 210 g/mol. The summed E-state index contributed by atoms with van der Waals surface area (Å²) in [5, 5.41) is 3.38. The summed E-state index contributed by atoms with van der Waals surface area (Å²) in [6.45, 7) is 8.41. The fourth-order valence-electron chi connectivity index (χ4n) is 2.14. The maximum absolute atomic E-state index is 11.4. The maximum atomic E-state index is 11.4. The lowest BCUT2D eigenvalue weighted by molar-refractivity contribution is 0.226. The Labute approximate surface area is 93.6 Å². The fourth-order valence-corrected chi connectivity index (χ4v) is 4.18. The fraction of sp³-hybridized carbons (Fsp3) is 1.00. The van der Waals surface area contributed by atoms with E-state index in [2.05, 4.69) is 26.1 Å². The number of hydrogen-bond donors (Lipinski definition) is 1. The molecule has 90 valence electrons. The summed E-state index contributed by atoms with van der Waals surface area (Å²) in [5.74, 6) is 1.09. The molecule has 1 aliphatic heterocycles. The minimum atomic E-state index is -2.74. The van der Waals surface area contributed by atoms with Crippen molar-refractivity contribution in [1.29, 1.82) is 0 Å². The topological polar surface area (TPSA) is 46.2 Å². The van der Waals surface area contributed by atoms with E-state index in [1.54, 1.807) is 0 Å². The minimum Gasteiger partial charge on any atom is -0.316 e. The largest absolute Gasteiger partial charge is 0.316 e. The van der Waals surface area contributed by atoms with Crippen molar-refractivity contribution >= 4 is 9.84 Å². The van der Waals surface area contributed by atoms with Crippen LogP contribution in [0.5, 0.6) is 0 Å². The van der Waals surface area contributed by atoms with Crippen LogP contribution >= 0.6 is 0 Å². The molecule has 1 rings (SSSR count). The van der Waals surface area contributed by atoms with Crippen LogP contribution in [0.25, 0.3) is 0 Å². The van der Waals surface area contributed by atoms with E-state index in [1.807, 2.05) is 0 Å². The Hall–Kier alpha value is -0.0900. The summed E-state index contributed by atoms with van der Waals surface area (Å²) < 4.78 is 22.8. The highest BCUT2D eigenvalue weighted by molar-refractivity contribution is 7.91. The number of sulfone groups is 1. The van der Waals surface area contributed by atoms with Crippen molar-refractivity contribution in [3.8, 4) is 0 Å². The predicted octanol–water partition coefficient (Wildman–Crippen LogP) is 1.45. The van der Waals surface area contributed by atoms with Crippen molar-refractivity contribution in [2.45, 2.75) is 33.6 Å². The van der Waals surface area contributed by atoms with Crippen molar-refractivity contribution in [2.24, 2.45) is 11.3 Å². The van der Waals surface area contributed by atoms with Gasteiger partial charge in [0, 0.05) is 6.54 Å². The number of nitrogens with one attached hydrogen (secondary N) is 1. The summed E-state index contributed by atoms with van der Waals surface area (Å²) in [4.78, 5) is 0. The summed E-state index contributed by atoms with van der Waals surface area (Å²) in [5.41, 5.74) is 0.0960. The zero-order chi connectivity index (χ0) is 11.5. The highest BCUT2D eigenvalue weighted by atomic mass is 32.2. The molecule has 0 bridgehead atoms. The molecule has 1 atom stereocenters. The van der Waals surface area contributed by atoms with Crippen molar-refractivity contribution in [3.63, 3.8) is 0 Å². The summed E-state index contributed by atoms with van der Waals surface area (Å²) in [7, 11) is -2.74. The van der Waals surface area contributed by atoms with Crippen LogP contribution in [0.2, 0.25) is 0 Å². The molecule has 15 heavy (non-hydrogen) atoms. The first-order chi connectivity index (χ1) is 6.87. The minimum absolute atomic E-state index is 0.0960. The van der Waals surface area contributed by atoms with E-state index in [1.165, 1.54) is 0 Å². The standard InChI is InChI=1S/C11H23NO2S/c1-4-6-12-9-11(2,3)10-5-7-15(13,14)8-10/h10,12H,4-9H2,1-3H3. The molecule has 1 saturated heterocycles. The van der Waals surface area contributed by atoms with Crippen molar-refractivity contribution in [2.75, 3.05) is 24.6 Å². The quantitative estimate of drug-likeness (QED) is 0.731. The Morgan fingerprint density at radius 2 is 2.07 bits per heavy atom. The van der Waals surface area contributed by atoms with Crippen LogP contribution in [0.15, 0.2) is 0 Å². The van der Waals surface area contributed by atoms with Gasteiger partial charge in [-0.25, -0.2) is 8.42 Å². The number of rotatable bonds is 5. The van der Waals surface area contributed by atoms with Gasteiger partial charge in [0.25, 0.3) is 0 Å². The zero-order valence-corrected chi connectivity index (χ0v) is 10.9. The first-order valence-corrected chi connectivity index (χ1v) is 7.60. The SMILES string of the molecule is CCCNCC(C)(C)C1CCS(=O)(=O)C1. The van der Waals surface area contributed by atoms with E-state index in [0.29, 0.717) is 17.4 Å². The molecule has 0 aromatic heterocycles. The van der Waals surface area contributed by atoms with Crippen LogP contribution in [-0.2, 0) is 9.84 Å². The van der Waals surface area contributed by atoms with E-state index in [-0.39, 0.29) is 5.41 Å². The van der Waals surface area contributed by atoms with Crippen LogP contribution in [-0.4, -0.2) is 33.0 Å². The van der Waals surface area contributed by atoms with Gasteiger partial charge in [0.2, 0.25) is 0 Å². The normalized spacial score (nSPS) is 25.7. The molecular formula is C11H23NO2S. The lowest BCUT2D eigenvalue weighted by Crippen LogP contribution is -2.36. The molecule has 0 aromatic carbocycles. The van der Waals surface area contributed by atoms with Crippen molar-refractivity contribution in [3.05, 3.63) is 0 Å². The van der Waals surface area contributed by atoms with Crippen LogP contribution in [0.4, 0.5) is 0 Å². The summed E-state index contributed by atoms with van der Waals surface area (Å²) in [6, 6.07) is 0. The lowest BCUT2D eigenvalue weighted by atomic mass is 9.78. The summed E-state index contributed by atoms with van der Waals surface area (Å²) >= 11 is 0. The molecule has 0 amide bonds. The molecule has 0 aromatic rings. The van der Waals surface area contributed by atoms with E-state index in [4.69, 9.17) is 0 Å². The molecule has 1 fully saturated rings. The molecule has 1 unspecified atom stereocenters. The molecule has 0 saturated carbocycles. The van der Waals surface area contributed by atoms with Crippen LogP contribution in [0.1, 0.15) is 33.6 Å². The van der Waals surface area contributed by atoms with E-state index >= 15 is 0 Å². The second-order valence-corrected chi connectivity index (χ2v) is 7.49. The second-order valence-electron chi connectivity index (χ2n) is 5.27. The zero-order valence-electron chi connectivity index (χ0n) is 10.0. The molecule has 3 nitrogen and oxygen atoms in total. The third kappa shape index (κ3) is 3.76. The average Bonchev–Trinajstić information content (AvgIpc) is 2.47. The van der Waals surface area contributed by atoms with Gasteiger partial charge < -0.3 is 5.32 Å². The Morgan fingerprint density at radius 3 is 2.53 bits per heavy atom. The molecule has 1 heterocycles. The smallest absolute Gasteiger partial charge is 0.150 e.